The molecule has 198 valence electrons. The molecule has 5 unspecified atom stereocenters. The van der Waals surface area contributed by atoms with Crippen LogP contribution in [0.1, 0.15) is 0 Å². The molecule has 0 aliphatic carbocycles. The van der Waals surface area contributed by atoms with E-state index in [1.807, 2.05) is 0 Å². The first kappa shape index (κ1) is 25.8. The number of benzene rings is 2. The topological polar surface area (TPSA) is 226 Å². The average molecular weight is 522 g/mol. The first-order valence-electron chi connectivity index (χ1n) is 10.6. The van der Waals surface area contributed by atoms with E-state index >= 15 is 0 Å². The van der Waals surface area contributed by atoms with Crippen LogP contribution in [0.4, 0.5) is 0 Å². The highest BCUT2D eigenvalue weighted by Crippen LogP contribution is 2.44. The Morgan fingerprint density at radius 2 is 1.59 bits per heavy atom. The van der Waals surface area contributed by atoms with Gasteiger partial charge in [0.25, 0.3) is 0 Å². The van der Waals surface area contributed by atoms with E-state index in [9.17, 15) is 45.3 Å². The van der Waals surface area contributed by atoms with Gasteiger partial charge < -0.3 is 59.1 Å². The second kappa shape index (κ2) is 9.67. The van der Waals surface area contributed by atoms with E-state index in [-0.39, 0.29) is 34.2 Å². The Morgan fingerprint density at radius 1 is 0.919 bits per heavy atom. The van der Waals surface area contributed by atoms with E-state index in [2.05, 4.69) is 0 Å². The lowest BCUT2D eigenvalue weighted by Gasteiger charge is -2.38. The molecule has 2 heterocycles. The van der Waals surface area contributed by atoms with Crippen LogP contribution in [0.15, 0.2) is 33.5 Å². The van der Waals surface area contributed by atoms with Crippen LogP contribution in [0.5, 0.6) is 34.5 Å². The second-order valence-corrected chi connectivity index (χ2v) is 7.98. The number of fused-ring (bicyclic) bond motifs is 1. The van der Waals surface area contributed by atoms with Gasteiger partial charge in [-0.2, -0.15) is 0 Å². The number of methoxy groups -OCH3 is 2. The number of hydrogen-bond acceptors (Lipinski definition) is 13. The number of aliphatic hydroxyl groups excluding tert-OH is 3. The van der Waals surface area contributed by atoms with Crippen LogP contribution in [-0.4, -0.2) is 86.6 Å². The van der Waals surface area contributed by atoms with Crippen molar-refractivity contribution in [2.24, 2.45) is 0 Å². The number of carboxylic acid groups (broad SMARTS) is 1. The fourth-order valence-electron chi connectivity index (χ4n) is 3.82. The largest absolute Gasteiger partial charge is 0.504 e. The Hall–Kier alpha value is -4.24. The number of aromatic hydroxyl groups is 3. The molecule has 0 saturated carbocycles. The Morgan fingerprint density at radius 3 is 2.22 bits per heavy atom. The average Bonchev–Trinajstić information content (AvgIpc) is 2.87. The summed E-state index contributed by atoms with van der Waals surface area (Å²) in [7, 11) is 2.46. The molecule has 0 radical (unpaired) electrons. The predicted octanol–water partition coefficient (Wildman–Crippen LogP) is -0.135. The van der Waals surface area contributed by atoms with E-state index in [1.165, 1.54) is 32.4 Å². The third kappa shape index (κ3) is 4.31. The molecule has 1 aliphatic rings. The summed E-state index contributed by atoms with van der Waals surface area (Å²) in [4.78, 5) is 25.0. The maximum Gasteiger partial charge on any atom is 0.335 e. The minimum atomic E-state index is -2.04. The lowest BCUT2D eigenvalue weighted by atomic mass is 9.99. The van der Waals surface area contributed by atoms with Crippen LogP contribution in [-0.2, 0) is 9.53 Å². The number of hydrogen-bond donors (Lipinski definition) is 7. The highest BCUT2D eigenvalue weighted by atomic mass is 16.7. The molecule has 7 N–H and O–H groups in total. The maximum atomic E-state index is 13.5. The number of aliphatic carboxylic acids is 1. The van der Waals surface area contributed by atoms with Gasteiger partial charge in [-0.3, -0.25) is 4.79 Å². The van der Waals surface area contributed by atoms with Crippen LogP contribution in [0, 0.1) is 0 Å². The molecular formula is C23H22O14. The molecule has 14 nitrogen and oxygen atoms in total. The van der Waals surface area contributed by atoms with Gasteiger partial charge in [-0.25, -0.2) is 4.79 Å². The van der Waals surface area contributed by atoms with Crippen LogP contribution in [0.2, 0.25) is 0 Å². The fourth-order valence-corrected chi connectivity index (χ4v) is 3.82. The molecule has 4 rings (SSSR count). The van der Waals surface area contributed by atoms with Crippen LogP contribution in [0.3, 0.4) is 0 Å². The van der Waals surface area contributed by atoms with Gasteiger partial charge in [-0.05, 0) is 18.2 Å². The minimum absolute atomic E-state index is 0.0317. The summed E-state index contributed by atoms with van der Waals surface area (Å²) in [6.07, 6.45) is -10.1. The van der Waals surface area contributed by atoms with E-state index in [0.29, 0.717) is 0 Å². The lowest BCUT2D eigenvalue weighted by molar-refractivity contribution is -0.271. The monoisotopic (exact) mass is 522 g/mol. The normalized spacial score (nSPS) is 23.5. The Bertz CT molecular complexity index is 1410. The van der Waals surface area contributed by atoms with Gasteiger partial charge in [0.2, 0.25) is 23.2 Å². The summed E-state index contributed by atoms with van der Waals surface area (Å²) in [5.41, 5.74) is -1.28. The highest BCUT2D eigenvalue weighted by Gasteiger charge is 2.48. The fraction of sp³-hybridized carbons (Fsp3) is 0.304. The smallest absolute Gasteiger partial charge is 0.335 e. The Kier molecular flexibility index (Phi) is 6.75. The zero-order chi connectivity index (χ0) is 27.2. The minimum Gasteiger partial charge on any atom is -0.504 e. The zero-order valence-corrected chi connectivity index (χ0v) is 19.2. The van der Waals surface area contributed by atoms with Crippen molar-refractivity contribution < 1.29 is 63.9 Å². The van der Waals surface area contributed by atoms with Crippen molar-refractivity contribution in [1.29, 1.82) is 0 Å². The summed E-state index contributed by atoms with van der Waals surface area (Å²) in [5, 5.41) is 69.8. The summed E-state index contributed by atoms with van der Waals surface area (Å²) in [6.45, 7) is 0. The molecule has 0 amide bonds. The lowest BCUT2D eigenvalue weighted by Crippen LogP contribution is -2.61. The maximum absolute atomic E-state index is 13.5. The van der Waals surface area contributed by atoms with Crippen LogP contribution < -0.4 is 19.6 Å². The summed E-state index contributed by atoms with van der Waals surface area (Å²) in [5.74, 6) is -5.01. The van der Waals surface area contributed by atoms with Gasteiger partial charge in [0, 0.05) is 11.6 Å². The molecule has 1 aromatic heterocycles. The Labute approximate surface area is 206 Å². The van der Waals surface area contributed by atoms with Crippen molar-refractivity contribution in [2.45, 2.75) is 30.7 Å². The number of rotatable bonds is 6. The zero-order valence-electron chi connectivity index (χ0n) is 19.2. The van der Waals surface area contributed by atoms with Gasteiger partial charge in [-0.1, -0.05) is 0 Å². The van der Waals surface area contributed by atoms with Crippen molar-refractivity contribution in [3.8, 4) is 45.8 Å². The molecule has 37 heavy (non-hydrogen) atoms. The van der Waals surface area contributed by atoms with Gasteiger partial charge >= 0.3 is 5.97 Å². The van der Waals surface area contributed by atoms with Crippen molar-refractivity contribution >= 4 is 16.9 Å². The predicted molar refractivity (Wildman–Crippen MR) is 121 cm³/mol. The van der Waals surface area contributed by atoms with Crippen molar-refractivity contribution in [3.63, 3.8) is 0 Å². The van der Waals surface area contributed by atoms with Crippen molar-refractivity contribution in [3.05, 3.63) is 34.5 Å². The summed E-state index contributed by atoms with van der Waals surface area (Å²) >= 11 is 0. The van der Waals surface area contributed by atoms with E-state index in [4.69, 9.17) is 23.4 Å². The standard InChI is InChI=1S/C23H22O14/c1-33-9-5-7(3-4-8(9)24)19-20(36-23-18(30)16(28)17(29)21(37-23)22(31)32)15(27)12-10(35-19)6-11(34-2)13(25)14(12)26/h3-6,16-18,21,23-26,28-30H,1-2H3,(H,31,32). The third-order valence-corrected chi connectivity index (χ3v) is 5.76. The Balaban J connectivity index is 1.96. The van der Waals surface area contributed by atoms with Gasteiger partial charge in [-0.15, -0.1) is 0 Å². The van der Waals surface area contributed by atoms with Crippen LogP contribution >= 0.6 is 0 Å². The molecule has 0 spiro atoms. The number of ether oxygens (including phenoxy) is 4. The van der Waals surface area contributed by atoms with E-state index < -0.39 is 64.7 Å². The van der Waals surface area contributed by atoms with Gasteiger partial charge in [0.15, 0.2) is 34.9 Å². The number of carboxylic acids is 1. The van der Waals surface area contributed by atoms with Gasteiger partial charge in [0.05, 0.1) is 14.2 Å². The van der Waals surface area contributed by atoms with Crippen molar-refractivity contribution in [1.82, 2.24) is 0 Å². The SMILES string of the molecule is COc1cc(-c2oc3cc(OC)c(O)c(O)c3c(=O)c2OC2OC(C(=O)O)C(O)C(O)C2O)ccc1O. The molecule has 14 heteroatoms. The van der Waals surface area contributed by atoms with Gasteiger partial charge in [0.1, 0.15) is 29.3 Å². The molecule has 2 aromatic carbocycles. The molecule has 1 fully saturated rings. The first-order valence-corrected chi connectivity index (χ1v) is 10.6. The highest BCUT2D eigenvalue weighted by molar-refractivity contribution is 5.91. The van der Waals surface area contributed by atoms with E-state index in [0.717, 1.165) is 6.07 Å². The number of phenolic OH excluding ortho intramolecular Hbond substituents is 3. The van der Waals surface area contributed by atoms with Crippen molar-refractivity contribution in [2.75, 3.05) is 14.2 Å². The number of carbonyl (C=O) groups is 1. The summed E-state index contributed by atoms with van der Waals surface area (Å²) < 4.78 is 26.5. The number of phenols is 3. The molecular weight excluding hydrogens is 500 g/mol. The molecule has 3 aromatic rings. The number of aliphatic hydroxyl groups is 3. The summed E-state index contributed by atoms with van der Waals surface area (Å²) in [6, 6.07) is 4.90. The molecule has 1 saturated heterocycles. The quantitative estimate of drug-likeness (QED) is 0.209. The third-order valence-electron chi connectivity index (χ3n) is 5.76. The van der Waals surface area contributed by atoms with Crippen LogP contribution in [0.25, 0.3) is 22.3 Å². The molecule has 1 aliphatic heterocycles. The molecule has 0 bridgehead atoms. The first-order chi connectivity index (χ1) is 17.5. The molecule has 5 atom stereocenters. The second-order valence-electron chi connectivity index (χ2n) is 7.98. The van der Waals surface area contributed by atoms with E-state index in [1.54, 1.807) is 0 Å².